The predicted molar refractivity (Wildman–Crippen MR) is 82.7 cm³/mol. The van der Waals surface area contributed by atoms with Gasteiger partial charge in [-0.1, -0.05) is 12.7 Å². The second-order valence-electron chi connectivity index (χ2n) is 5.76. The van der Waals surface area contributed by atoms with Gasteiger partial charge in [0.05, 0.1) is 0 Å². The minimum atomic E-state index is -0.377. The molecule has 2 atom stereocenters. The second-order valence-corrected chi connectivity index (χ2v) is 5.76. The van der Waals surface area contributed by atoms with Crippen LogP contribution in [0.4, 0.5) is 0 Å². The zero-order chi connectivity index (χ0) is 15.8. The highest BCUT2D eigenvalue weighted by atomic mass is 16.5. The molecule has 1 N–H and O–H groups in total. The SMILES string of the molecule is C=CCC(=C)C(=O)OC(CN(C)C)C1CCCC(=O)NC1. The minimum absolute atomic E-state index is 0.0727. The van der Waals surface area contributed by atoms with E-state index in [0.717, 1.165) is 12.8 Å². The van der Waals surface area contributed by atoms with E-state index in [1.54, 1.807) is 6.08 Å². The van der Waals surface area contributed by atoms with E-state index in [1.807, 2.05) is 19.0 Å². The lowest BCUT2D eigenvalue weighted by atomic mass is 9.96. The molecule has 5 heteroatoms. The van der Waals surface area contributed by atoms with Crippen LogP contribution in [0.1, 0.15) is 25.7 Å². The van der Waals surface area contributed by atoms with Gasteiger partial charge >= 0.3 is 5.97 Å². The Balaban J connectivity index is 2.70. The molecule has 1 saturated heterocycles. The normalized spacial score (nSPS) is 20.3. The van der Waals surface area contributed by atoms with Gasteiger partial charge in [0.25, 0.3) is 0 Å². The number of nitrogens with one attached hydrogen (secondary N) is 1. The van der Waals surface area contributed by atoms with E-state index in [1.165, 1.54) is 0 Å². The van der Waals surface area contributed by atoms with Crippen LogP contribution < -0.4 is 5.32 Å². The molecular formula is C16H26N2O3. The molecule has 0 aromatic rings. The zero-order valence-corrected chi connectivity index (χ0v) is 13.1. The van der Waals surface area contributed by atoms with Crippen LogP contribution in [0, 0.1) is 5.92 Å². The first kappa shape index (κ1) is 17.4. The Hall–Kier alpha value is -1.62. The molecule has 2 unspecified atom stereocenters. The van der Waals surface area contributed by atoms with Crippen molar-refractivity contribution in [3.05, 3.63) is 24.8 Å². The molecule has 1 heterocycles. The third-order valence-electron chi connectivity index (χ3n) is 3.55. The number of esters is 1. The summed E-state index contributed by atoms with van der Waals surface area (Å²) in [7, 11) is 3.88. The Kier molecular flexibility index (Phi) is 7.15. The fraction of sp³-hybridized carbons (Fsp3) is 0.625. The molecule has 1 rings (SSSR count). The highest BCUT2D eigenvalue weighted by molar-refractivity contribution is 5.88. The van der Waals surface area contributed by atoms with E-state index >= 15 is 0 Å². The predicted octanol–water partition coefficient (Wildman–Crippen LogP) is 1.51. The summed E-state index contributed by atoms with van der Waals surface area (Å²) in [5.41, 5.74) is 0.409. The lowest BCUT2D eigenvalue weighted by Crippen LogP contribution is -2.41. The first-order valence-electron chi connectivity index (χ1n) is 7.35. The Morgan fingerprint density at radius 3 is 2.90 bits per heavy atom. The van der Waals surface area contributed by atoms with Crippen LogP contribution in [0.15, 0.2) is 24.8 Å². The van der Waals surface area contributed by atoms with Crippen molar-refractivity contribution in [2.45, 2.75) is 31.8 Å². The molecular weight excluding hydrogens is 268 g/mol. The highest BCUT2D eigenvalue weighted by Crippen LogP contribution is 2.20. The average molecular weight is 294 g/mol. The summed E-state index contributed by atoms with van der Waals surface area (Å²) in [5, 5.41) is 2.89. The largest absolute Gasteiger partial charge is 0.457 e. The summed E-state index contributed by atoms with van der Waals surface area (Å²) in [6.45, 7) is 8.51. The first-order chi connectivity index (χ1) is 9.93. The van der Waals surface area contributed by atoms with Gasteiger partial charge in [-0.05, 0) is 33.4 Å². The van der Waals surface area contributed by atoms with Crippen LogP contribution in [0.2, 0.25) is 0 Å². The second kappa shape index (κ2) is 8.62. The van der Waals surface area contributed by atoms with Crippen LogP contribution in [0.5, 0.6) is 0 Å². The lowest BCUT2D eigenvalue weighted by Gasteiger charge is -2.28. The smallest absolute Gasteiger partial charge is 0.334 e. The van der Waals surface area contributed by atoms with E-state index < -0.39 is 0 Å². The van der Waals surface area contributed by atoms with Crippen molar-refractivity contribution in [1.29, 1.82) is 0 Å². The topological polar surface area (TPSA) is 58.6 Å². The Morgan fingerprint density at radius 1 is 1.57 bits per heavy atom. The average Bonchev–Trinajstić information content (AvgIpc) is 2.62. The molecule has 0 aliphatic carbocycles. The molecule has 1 fully saturated rings. The van der Waals surface area contributed by atoms with Gasteiger partial charge in [-0.3, -0.25) is 4.79 Å². The third-order valence-corrected chi connectivity index (χ3v) is 3.55. The summed E-state index contributed by atoms with van der Waals surface area (Å²) in [4.78, 5) is 25.5. The van der Waals surface area contributed by atoms with Gasteiger partial charge in [-0.25, -0.2) is 4.79 Å². The fourth-order valence-electron chi connectivity index (χ4n) is 2.40. The molecule has 1 aliphatic heterocycles. The van der Waals surface area contributed by atoms with Gasteiger partial charge < -0.3 is 15.0 Å². The maximum Gasteiger partial charge on any atom is 0.334 e. The monoisotopic (exact) mass is 294 g/mol. The first-order valence-corrected chi connectivity index (χ1v) is 7.35. The standard InChI is InChI=1S/C16H26N2O3/c1-5-7-12(2)16(20)21-14(11-18(3)4)13-8-6-9-15(19)17-10-13/h5,13-14H,1-2,6-11H2,3-4H3,(H,17,19). The van der Waals surface area contributed by atoms with E-state index in [0.29, 0.717) is 31.5 Å². The summed E-state index contributed by atoms with van der Waals surface area (Å²) in [6, 6.07) is 0. The zero-order valence-electron chi connectivity index (χ0n) is 13.1. The molecule has 118 valence electrons. The van der Waals surface area contributed by atoms with Crippen LogP contribution >= 0.6 is 0 Å². The molecule has 0 aromatic heterocycles. The van der Waals surface area contributed by atoms with Crippen LogP contribution in [-0.4, -0.2) is 50.1 Å². The molecule has 0 spiro atoms. The molecule has 0 bridgehead atoms. The van der Waals surface area contributed by atoms with Crippen LogP contribution in [-0.2, 0) is 14.3 Å². The molecule has 5 nitrogen and oxygen atoms in total. The number of hydrogen-bond donors (Lipinski definition) is 1. The van der Waals surface area contributed by atoms with E-state index in [-0.39, 0.29) is 23.9 Å². The van der Waals surface area contributed by atoms with Crippen molar-refractivity contribution in [3.63, 3.8) is 0 Å². The van der Waals surface area contributed by atoms with Gasteiger partial charge in [0.1, 0.15) is 6.10 Å². The van der Waals surface area contributed by atoms with Crippen molar-refractivity contribution in [1.82, 2.24) is 10.2 Å². The number of likely N-dealkylation sites (N-methyl/N-ethyl adjacent to an activating group) is 1. The third kappa shape index (κ3) is 6.12. The number of carbonyl (C=O) groups excluding carboxylic acids is 2. The van der Waals surface area contributed by atoms with E-state index in [9.17, 15) is 9.59 Å². The number of carbonyl (C=O) groups is 2. The Morgan fingerprint density at radius 2 is 2.29 bits per heavy atom. The maximum atomic E-state index is 12.0. The number of nitrogens with zero attached hydrogens (tertiary/aromatic N) is 1. The maximum absolute atomic E-state index is 12.0. The van der Waals surface area contributed by atoms with Gasteiger partial charge in [0.15, 0.2) is 0 Å². The fourth-order valence-corrected chi connectivity index (χ4v) is 2.40. The number of ether oxygens (including phenoxy) is 1. The van der Waals surface area contributed by atoms with Crippen molar-refractivity contribution in [3.8, 4) is 0 Å². The van der Waals surface area contributed by atoms with Gasteiger partial charge in [-0.15, -0.1) is 6.58 Å². The molecule has 21 heavy (non-hydrogen) atoms. The van der Waals surface area contributed by atoms with Gasteiger partial charge in [0.2, 0.25) is 5.91 Å². The molecule has 1 amide bonds. The number of rotatable bonds is 7. The van der Waals surface area contributed by atoms with Crippen molar-refractivity contribution in [2.75, 3.05) is 27.2 Å². The van der Waals surface area contributed by atoms with Crippen LogP contribution in [0.3, 0.4) is 0 Å². The summed E-state index contributed by atoms with van der Waals surface area (Å²) in [6.07, 6.45) is 4.06. The number of hydrogen-bond acceptors (Lipinski definition) is 4. The molecule has 0 radical (unpaired) electrons. The summed E-state index contributed by atoms with van der Waals surface area (Å²) in [5.74, 6) is -0.167. The quantitative estimate of drug-likeness (QED) is 0.439. The van der Waals surface area contributed by atoms with Crippen molar-refractivity contribution in [2.24, 2.45) is 5.92 Å². The number of allylic oxidation sites excluding steroid dienone is 1. The van der Waals surface area contributed by atoms with Crippen molar-refractivity contribution < 1.29 is 14.3 Å². The van der Waals surface area contributed by atoms with Crippen molar-refractivity contribution >= 4 is 11.9 Å². The Labute approximate surface area is 127 Å². The van der Waals surface area contributed by atoms with Crippen LogP contribution in [0.25, 0.3) is 0 Å². The van der Waals surface area contributed by atoms with Gasteiger partial charge in [-0.2, -0.15) is 0 Å². The summed E-state index contributed by atoms with van der Waals surface area (Å²) >= 11 is 0. The minimum Gasteiger partial charge on any atom is -0.457 e. The Bertz CT molecular complexity index is 404. The molecule has 1 aliphatic rings. The molecule has 0 aromatic carbocycles. The summed E-state index contributed by atoms with van der Waals surface area (Å²) < 4.78 is 5.63. The van der Waals surface area contributed by atoms with E-state index in [4.69, 9.17) is 4.74 Å². The van der Waals surface area contributed by atoms with Gasteiger partial charge in [0, 0.05) is 31.0 Å². The lowest BCUT2D eigenvalue weighted by molar-refractivity contribution is -0.148. The molecule has 0 saturated carbocycles. The van der Waals surface area contributed by atoms with E-state index in [2.05, 4.69) is 18.5 Å². The number of amides is 1. The highest BCUT2D eigenvalue weighted by Gasteiger charge is 2.28.